The molecule has 12 heavy (non-hydrogen) atoms. The molecule has 0 aliphatic heterocycles. The minimum absolute atomic E-state index is 0.0318. The lowest BCUT2D eigenvalue weighted by Gasteiger charge is -2.32. The molecule has 0 amide bonds. The van der Waals surface area contributed by atoms with Crippen LogP contribution in [0.15, 0.2) is 0 Å². The topological polar surface area (TPSA) is 20.2 Å². The van der Waals surface area contributed by atoms with E-state index in [1.807, 2.05) is 0 Å². The molecule has 0 aromatic rings. The van der Waals surface area contributed by atoms with Crippen LogP contribution in [0.25, 0.3) is 0 Å². The smallest absolute Gasteiger partial charge is 0.0543 e. The van der Waals surface area contributed by atoms with Crippen LogP contribution in [0.3, 0.4) is 0 Å². The van der Waals surface area contributed by atoms with Crippen molar-refractivity contribution in [3.8, 4) is 0 Å². The highest BCUT2D eigenvalue weighted by atomic mass is 16.3. The highest BCUT2D eigenvalue weighted by Gasteiger charge is 2.29. The van der Waals surface area contributed by atoms with Crippen LogP contribution < -0.4 is 0 Å². The lowest BCUT2D eigenvalue weighted by Crippen LogP contribution is -2.26. The Hall–Kier alpha value is -0.0400. The van der Waals surface area contributed by atoms with Crippen LogP contribution in [0.4, 0.5) is 0 Å². The molecule has 2 saturated carbocycles. The van der Waals surface area contributed by atoms with Gasteiger partial charge in [-0.2, -0.15) is 0 Å². The molecule has 1 nitrogen and oxygen atoms in total. The summed E-state index contributed by atoms with van der Waals surface area (Å²) >= 11 is 0. The summed E-state index contributed by atoms with van der Waals surface area (Å²) in [4.78, 5) is 0. The summed E-state index contributed by atoms with van der Waals surface area (Å²) in [7, 11) is 0. The molecule has 2 fully saturated rings. The average molecular weight is 168 g/mol. The minimum Gasteiger partial charge on any atom is -0.393 e. The summed E-state index contributed by atoms with van der Waals surface area (Å²) in [5.74, 6) is 1.84. The molecule has 0 saturated heterocycles. The molecule has 0 bridgehead atoms. The third-order valence-corrected chi connectivity index (χ3v) is 3.76. The maximum atomic E-state index is 9.54. The number of aliphatic hydroxyl groups excluding tert-OH is 1. The van der Waals surface area contributed by atoms with Crippen molar-refractivity contribution in [2.24, 2.45) is 11.8 Å². The van der Waals surface area contributed by atoms with E-state index in [1.54, 1.807) is 0 Å². The standard InChI is InChI=1S/C11H20O/c12-11-7-6-9-4-2-1-3-5-10(9)8-11/h9-12H,1-8H2. The summed E-state index contributed by atoms with van der Waals surface area (Å²) in [5, 5.41) is 9.54. The van der Waals surface area contributed by atoms with Gasteiger partial charge in [-0.15, -0.1) is 0 Å². The molecule has 0 radical (unpaired) electrons. The largest absolute Gasteiger partial charge is 0.393 e. The summed E-state index contributed by atoms with van der Waals surface area (Å²) in [6.07, 6.45) is 10.6. The fourth-order valence-corrected chi connectivity index (χ4v) is 3.03. The summed E-state index contributed by atoms with van der Waals surface area (Å²) < 4.78 is 0. The molecule has 2 aliphatic rings. The van der Waals surface area contributed by atoms with Crippen LogP contribution in [-0.4, -0.2) is 11.2 Å². The van der Waals surface area contributed by atoms with Gasteiger partial charge in [0.25, 0.3) is 0 Å². The van der Waals surface area contributed by atoms with Crippen molar-refractivity contribution in [1.82, 2.24) is 0 Å². The predicted octanol–water partition coefficient (Wildman–Crippen LogP) is 2.73. The van der Waals surface area contributed by atoms with Crippen LogP contribution >= 0.6 is 0 Å². The van der Waals surface area contributed by atoms with Crippen molar-refractivity contribution in [2.45, 2.75) is 57.5 Å². The highest BCUT2D eigenvalue weighted by Crippen LogP contribution is 2.39. The Balaban J connectivity index is 1.94. The lowest BCUT2D eigenvalue weighted by molar-refractivity contribution is 0.0656. The Morgan fingerprint density at radius 1 is 0.750 bits per heavy atom. The van der Waals surface area contributed by atoms with Gasteiger partial charge >= 0.3 is 0 Å². The van der Waals surface area contributed by atoms with Gasteiger partial charge in [0, 0.05) is 0 Å². The Morgan fingerprint density at radius 3 is 2.33 bits per heavy atom. The van der Waals surface area contributed by atoms with Crippen LogP contribution in [0.1, 0.15) is 51.4 Å². The number of hydrogen-bond acceptors (Lipinski definition) is 1. The van der Waals surface area contributed by atoms with Crippen molar-refractivity contribution in [1.29, 1.82) is 0 Å². The van der Waals surface area contributed by atoms with Gasteiger partial charge in [0.05, 0.1) is 6.10 Å². The zero-order valence-electron chi connectivity index (χ0n) is 7.84. The van der Waals surface area contributed by atoms with Gasteiger partial charge in [-0.3, -0.25) is 0 Å². The maximum absolute atomic E-state index is 9.54. The van der Waals surface area contributed by atoms with Crippen molar-refractivity contribution in [3.63, 3.8) is 0 Å². The average Bonchev–Trinajstić information content (AvgIpc) is 2.28. The molecular formula is C11H20O. The normalized spacial score (nSPS) is 43.2. The third kappa shape index (κ3) is 1.82. The van der Waals surface area contributed by atoms with E-state index in [2.05, 4.69) is 0 Å². The van der Waals surface area contributed by atoms with Crippen molar-refractivity contribution in [2.75, 3.05) is 0 Å². The number of hydrogen-bond donors (Lipinski definition) is 1. The highest BCUT2D eigenvalue weighted by molar-refractivity contribution is 4.81. The fraction of sp³-hybridized carbons (Fsp3) is 1.00. The van der Waals surface area contributed by atoms with E-state index < -0.39 is 0 Å². The van der Waals surface area contributed by atoms with Crippen LogP contribution in [0.2, 0.25) is 0 Å². The molecule has 1 N–H and O–H groups in total. The molecule has 3 unspecified atom stereocenters. The molecule has 0 aromatic carbocycles. The zero-order valence-corrected chi connectivity index (χ0v) is 7.84. The quantitative estimate of drug-likeness (QED) is 0.589. The van der Waals surface area contributed by atoms with Crippen molar-refractivity contribution < 1.29 is 5.11 Å². The number of aliphatic hydroxyl groups is 1. The molecular weight excluding hydrogens is 148 g/mol. The van der Waals surface area contributed by atoms with Crippen LogP contribution in [0.5, 0.6) is 0 Å². The minimum atomic E-state index is 0.0318. The SMILES string of the molecule is OC1CCC2CCCCCC2C1. The summed E-state index contributed by atoms with van der Waals surface area (Å²) in [5.41, 5.74) is 0. The van der Waals surface area contributed by atoms with Crippen LogP contribution in [0, 0.1) is 11.8 Å². The van der Waals surface area contributed by atoms with E-state index in [0.717, 1.165) is 24.7 Å². The maximum Gasteiger partial charge on any atom is 0.0543 e. The first kappa shape index (κ1) is 8.55. The van der Waals surface area contributed by atoms with Gasteiger partial charge in [0.15, 0.2) is 0 Å². The van der Waals surface area contributed by atoms with Gasteiger partial charge in [0.1, 0.15) is 0 Å². The molecule has 70 valence electrons. The molecule has 0 heterocycles. The van der Waals surface area contributed by atoms with Crippen molar-refractivity contribution in [3.05, 3.63) is 0 Å². The second-order valence-electron chi connectivity index (χ2n) is 4.63. The lowest BCUT2D eigenvalue weighted by atomic mass is 9.75. The van der Waals surface area contributed by atoms with E-state index in [4.69, 9.17) is 0 Å². The first-order chi connectivity index (χ1) is 5.86. The van der Waals surface area contributed by atoms with E-state index in [1.165, 1.54) is 38.5 Å². The molecule has 0 aromatic heterocycles. The number of rotatable bonds is 0. The first-order valence-corrected chi connectivity index (χ1v) is 5.54. The Kier molecular flexibility index (Phi) is 2.69. The molecule has 2 aliphatic carbocycles. The first-order valence-electron chi connectivity index (χ1n) is 5.54. The van der Waals surface area contributed by atoms with Gasteiger partial charge in [-0.25, -0.2) is 0 Å². The summed E-state index contributed by atoms with van der Waals surface area (Å²) in [6.45, 7) is 0. The summed E-state index contributed by atoms with van der Waals surface area (Å²) in [6, 6.07) is 0. The van der Waals surface area contributed by atoms with E-state index in [9.17, 15) is 5.11 Å². The molecule has 3 atom stereocenters. The van der Waals surface area contributed by atoms with Gasteiger partial charge in [-0.05, 0) is 31.1 Å². The third-order valence-electron chi connectivity index (χ3n) is 3.76. The molecule has 1 heteroatoms. The molecule has 2 rings (SSSR count). The number of fused-ring (bicyclic) bond motifs is 1. The fourth-order valence-electron chi connectivity index (χ4n) is 3.03. The van der Waals surface area contributed by atoms with E-state index in [-0.39, 0.29) is 6.10 Å². The predicted molar refractivity (Wildman–Crippen MR) is 49.9 cm³/mol. The van der Waals surface area contributed by atoms with E-state index in [0.29, 0.717) is 0 Å². The second-order valence-corrected chi connectivity index (χ2v) is 4.63. The van der Waals surface area contributed by atoms with Crippen LogP contribution in [-0.2, 0) is 0 Å². The van der Waals surface area contributed by atoms with Gasteiger partial charge < -0.3 is 5.11 Å². The zero-order chi connectivity index (χ0) is 8.39. The Labute approximate surface area is 75.2 Å². The van der Waals surface area contributed by atoms with Gasteiger partial charge in [0.2, 0.25) is 0 Å². The van der Waals surface area contributed by atoms with Gasteiger partial charge in [-0.1, -0.05) is 32.1 Å². The monoisotopic (exact) mass is 168 g/mol. The van der Waals surface area contributed by atoms with Crippen molar-refractivity contribution >= 4 is 0 Å². The van der Waals surface area contributed by atoms with E-state index >= 15 is 0 Å². The Morgan fingerprint density at radius 2 is 1.50 bits per heavy atom. The second kappa shape index (κ2) is 3.78. The molecule has 0 spiro atoms. The Bertz CT molecular complexity index is 144.